The summed E-state index contributed by atoms with van der Waals surface area (Å²) in [5.74, 6) is 0.439. The largest absolute Gasteiger partial charge is 0.478 e. The van der Waals surface area contributed by atoms with Crippen molar-refractivity contribution in [3.63, 3.8) is 0 Å². The fourth-order valence-electron chi connectivity index (χ4n) is 2.87. The maximum absolute atomic E-state index is 11.0. The molecule has 3 nitrogen and oxygen atoms in total. The molecule has 3 atom stereocenters. The zero-order valence-electron chi connectivity index (χ0n) is 11.3. The van der Waals surface area contributed by atoms with Crippen LogP contribution in [-0.2, 0) is 0 Å². The maximum atomic E-state index is 11.0. The summed E-state index contributed by atoms with van der Waals surface area (Å²) in [6, 6.07) is 7.73. The number of piperidine rings is 1. The number of carbonyl (C=O) groups is 1. The maximum Gasteiger partial charge on any atom is 0.335 e. The van der Waals surface area contributed by atoms with E-state index in [1.165, 1.54) is 6.42 Å². The number of carboxylic acids is 1. The highest BCUT2D eigenvalue weighted by molar-refractivity contribution is 5.88. The molecule has 18 heavy (non-hydrogen) atoms. The molecule has 1 saturated heterocycles. The Kier molecular flexibility index (Phi) is 3.60. The molecule has 1 aliphatic heterocycles. The molecule has 1 aliphatic rings. The molecule has 0 spiro atoms. The highest BCUT2D eigenvalue weighted by Crippen LogP contribution is 2.31. The second-order valence-corrected chi connectivity index (χ2v) is 5.57. The molecule has 3 unspecified atom stereocenters. The molecule has 0 bridgehead atoms. The fraction of sp³-hybridized carbons (Fsp3) is 0.533. The van der Waals surface area contributed by atoms with Gasteiger partial charge in [-0.3, -0.25) is 0 Å². The Balaban J connectivity index is 2.29. The normalized spacial score (nSPS) is 28.2. The van der Waals surface area contributed by atoms with Gasteiger partial charge in [0.2, 0.25) is 0 Å². The van der Waals surface area contributed by atoms with E-state index in [9.17, 15) is 4.79 Å². The number of anilines is 1. The lowest BCUT2D eigenvalue weighted by Gasteiger charge is -2.42. The predicted molar refractivity (Wildman–Crippen MR) is 73.2 cm³/mol. The third-order valence-corrected chi connectivity index (χ3v) is 4.02. The van der Waals surface area contributed by atoms with E-state index in [1.807, 2.05) is 12.1 Å². The summed E-state index contributed by atoms with van der Waals surface area (Å²) in [6.45, 7) is 7.77. The van der Waals surface area contributed by atoms with Crippen molar-refractivity contribution in [3.05, 3.63) is 29.8 Å². The first-order valence-corrected chi connectivity index (χ1v) is 6.59. The average Bonchev–Trinajstić information content (AvgIpc) is 2.34. The molecule has 0 radical (unpaired) electrons. The molecule has 1 heterocycles. The number of hydrogen-bond donors (Lipinski definition) is 1. The standard InChI is InChI=1S/C15H21NO2/c1-10-7-11(2)12(3)16(9-10)14-6-4-5-13(8-14)15(17)18/h4-6,8,10-12H,7,9H2,1-3H3,(H,17,18). The van der Waals surface area contributed by atoms with E-state index in [1.54, 1.807) is 12.1 Å². The molecule has 98 valence electrons. The molecular formula is C15H21NO2. The summed E-state index contributed by atoms with van der Waals surface area (Å²) in [5.41, 5.74) is 1.39. The first-order valence-electron chi connectivity index (χ1n) is 6.59. The monoisotopic (exact) mass is 247 g/mol. The van der Waals surface area contributed by atoms with E-state index in [2.05, 4.69) is 25.7 Å². The second-order valence-electron chi connectivity index (χ2n) is 5.57. The smallest absolute Gasteiger partial charge is 0.335 e. The molecule has 0 aromatic heterocycles. The Bertz CT molecular complexity index is 444. The quantitative estimate of drug-likeness (QED) is 0.872. The second kappa shape index (κ2) is 5.01. The first kappa shape index (κ1) is 12.9. The molecule has 3 heteroatoms. The van der Waals surface area contributed by atoms with Gasteiger partial charge in [-0.25, -0.2) is 4.79 Å². The van der Waals surface area contributed by atoms with Crippen LogP contribution in [0.2, 0.25) is 0 Å². The van der Waals surface area contributed by atoms with Crippen molar-refractivity contribution in [2.45, 2.75) is 33.2 Å². The number of nitrogens with zero attached hydrogens (tertiary/aromatic N) is 1. The average molecular weight is 247 g/mol. The van der Waals surface area contributed by atoms with Gasteiger partial charge in [0.1, 0.15) is 0 Å². The Hall–Kier alpha value is -1.51. The predicted octanol–water partition coefficient (Wildman–Crippen LogP) is 3.26. The van der Waals surface area contributed by atoms with Crippen LogP contribution in [0.25, 0.3) is 0 Å². The van der Waals surface area contributed by atoms with Crippen molar-refractivity contribution < 1.29 is 9.90 Å². The number of hydrogen-bond acceptors (Lipinski definition) is 2. The lowest BCUT2D eigenvalue weighted by Crippen LogP contribution is -2.45. The molecule has 1 fully saturated rings. The zero-order valence-corrected chi connectivity index (χ0v) is 11.3. The zero-order chi connectivity index (χ0) is 13.3. The number of benzene rings is 1. The first-order chi connectivity index (χ1) is 8.49. The van der Waals surface area contributed by atoms with Gasteiger partial charge >= 0.3 is 5.97 Å². The summed E-state index contributed by atoms with van der Waals surface area (Å²) in [4.78, 5) is 13.4. The van der Waals surface area contributed by atoms with Gasteiger partial charge in [-0.05, 0) is 43.4 Å². The van der Waals surface area contributed by atoms with Crippen molar-refractivity contribution in [2.75, 3.05) is 11.4 Å². The summed E-state index contributed by atoms with van der Waals surface area (Å²) in [7, 11) is 0. The third kappa shape index (κ3) is 2.50. The Morgan fingerprint density at radius 2 is 2.06 bits per heavy atom. The summed E-state index contributed by atoms with van der Waals surface area (Å²) in [5, 5.41) is 9.06. The van der Waals surface area contributed by atoms with Gasteiger partial charge in [-0.2, -0.15) is 0 Å². The molecule has 2 rings (SSSR count). The molecule has 0 amide bonds. The minimum atomic E-state index is -0.859. The molecular weight excluding hydrogens is 226 g/mol. The highest BCUT2D eigenvalue weighted by Gasteiger charge is 2.29. The van der Waals surface area contributed by atoms with Crippen LogP contribution in [0, 0.1) is 11.8 Å². The van der Waals surface area contributed by atoms with Crippen molar-refractivity contribution in [1.29, 1.82) is 0 Å². The van der Waals surface area contributed by atoms with E-state index in [0.29, 0.717) is 23.4 Å². The molecule has 1 N–H and O–H groups in total. The van der Waals surface area contributed by atoms with Gasteiger partial charge in [-0.15, -0.1) is 0 Å². The number of aromatic carboxylic acids is 1. The van der Waals surface area contributed by atoms with E-state index >= 15 is 0 Å². The minimum Gasteiger partial charge on any atom is -0.478 e. The summed E-state index contributed by atoms with van der Waals surface area (Å²) in [6.07, 6.45) is 1.25. The van der Waals surface area contributed by atoms with Crippen LogP contribution in [0.1, 0.15) is 37.6 Å². The minimum absolute atomic E-state index is 0.366. The van der Waals surface area contributed by atoms with Crippen molar-refractivity contribution >= 4 is 11.7 Å². The van der Waals surface area contributed by atoms with E-state index in [4.69, 9.17) is 5.11 Å². The fourth-order valence-corrected chi connectivity index (χ4v) is 2.87. The highest BCUT2D eigenvalue weighted by atomic mass is 16.4. The summed E-state index contributed by atoms with van der Waals surface area (Å²) < 4.78 is 0. The van der Waals surface area contributed by atoms with Crippen molar-refractivity contribution in [3.8, 4) is 0 Å². The number of rotatable bonds is 2. The van der Waals surface area contributed by atoms with Crippen LogP contribution in [0.5, 0.6) is 0 Å². The van der Waals surface area contributed by atoms with Crippen LogP contribution in [-0.4, -0.2) is 23.7 Å². The summed E-state index contributed by atoms with van der Waals surface area (Å²) >= 11 is 0. The molecule has 0 saturated carbocycles. The lowest BCUT2D eigenvalue weighted by molar-refractivity contribution is 0.0697. The van der Waals surface area contributed by atoms with E-state index in [0.717, 1.165) is 12.2 Å². The van der Waals surface area contributed by atoms with Gasteiger partial charge in [0.15, 0.2) is 0 Å². The topological polar surface area (TPSA) is 40.5 Å². The van der Waals surface area contributed by atoms with E-state index in [-0.39, 0.29) is 0 Å². The van der Waals surface area contributed by atoms with Crippen molar-refractivity contribution in [2.24, 2.45) is 11.8 Å². The van der Waals surface area contributed by atoms with Crippen LogP contribution in [0.15, 0.2) is 24.3 Å². The van der Waals surface area contributed by atoms with Gasteiger partial charge in [0.05, 0.1) is 5.56 Å². The van der Waals surface area contributed by atoms with Crippen LogP contribution in [0.3, 0.4) is 0 Å². The number of carboxylic acid groups (broad SMARTS) is 1. The molecule has 0 aliphatic carbocycles. The molecule has 1 aromatic rings. The van der Waals surface area contributed by atoms with Gasteiger partial charge < -0.3 is 10.0 Å². The van der Waals surface area contributed by atoms with Crippen molar-refractivity contribution in [1.82, 2.24) is 0 Å². The Morgan fingerprint density at radius 3 is 2.72 bits per heavy atom. The Morgan fingerprint density at radius 1 is 1.33 bits per heavy atom. The van der Waals surface area contributed by atoms with Crippen LogP contribution < -0.4 is 4.90 Å². The van der Waals surface area contributed by atoms with Crippen LogP contribution in [0.4, 0.5) is 5.69 Å². The van der Waals surface area contributed by atoms with Gasteiger partial charge in [0, 0.05) is 18.3 Å². The molecule has 1 aromatic carbocycles. The van der Waals surface area contributed by atoms with E-state index < -0.39 is 5.97 Å². The van der Waals surface area contributed by atoms with Crippen LogP contribution >= 0.6 is 0 Å². The van der Waals surface area contributed by atoms with Gasteiger partial charge in [-0.1, -0.05) is 19.9 Å². The van der Waals surface area contributed by atoms with Gasteiger partial charge in [0.25, 0.3) is 0 Å². The third-order valence-electron chi connectivity index (χ3n) is 4.02. The lowest BCUT2D eigenvalue weighted by atomic mass is 9.85. The SMILES string of the molecule is CC1CC(C)C(C)N(c2cccc(C(=O)O)c2)C1. The Labute approximate surface area is 108 Å².